The highest BCUT2D eigenvalue weighted by molar-refractivity contribution is 7.84. The van der Waals surface area contributed by atoms with Crippen LogP contribution in [0.5, 0.6) is 0 Å². The minimum Gasteiger partial charge on any atom is -0.383 e. The first kappa shape index (κ1) is 14.4. The van der Waals surface area contributed by atoms with Gasteiger partial charge in [0.1, 0.15) is 0 Å². The van der Waals surface area contributed by atoms with E-state index in [1.54, 1.807) is 24.6 Å². The van der Waals surface area contributed by atoms with Crippen molar-refractivity contribution in [2.45, 2.75) is 12.2 Å². The zero-order valence-corrected chi connectivity index (χ0v) is 12.0. The topological polar surface area (TPSA) is 85.1 Å². The highest BCUT2D eigenvalue weighted by Crippen LogP contribution is 2.30. The number of hydrogen-bond donors (Lipinski definition) is 1. The lowest BCUT2D eigenvalue weighted by Gasteiger charge is -2.13. The Balaban J connectivity index is 2.38. The molecule has 0 radical (unpaired) electrons. The number of aromatic nitrogens is 1. The third kappa shape index (κ3) is 2.93. The number of benzene rings is 1. The second-order valence-electron chi connectivity index (χ2n) is 4.50. The zero-order chi connectivity index (χ0) is 14.7. The average Bonchev–Trinajstić information content (AvgIpc) is 2.43. The van der Waals surface area contributed by atoms with Crippen LogP contribution >= 0.6 is 0 Å². The number of rotatable bonds is 5. The maximum atomic E-state index is 11.3. The molecule has 7 heteroatoms. The van der Waals surface area contributed by atoms with Crippen molar-refractivity contribution in [2.75, 3.05) is 18.1 Å². The Kier molecular flexibility index (Phi) is 4.29. The van der Waals surface area contributed by atoms with E-state index < -0.39 is 15.7 Å². The Labute approximate surface area is 118 Å². The minimum absolute atomic E-state index is 0.00286. The van der Waals surface area contributed by atoms with Crippen molar-refractivity contribution >= 4 is 32.9 Å². The molecular weight excluding hydrogens is 278 g/mol. The first-order valence-corrected chi connectivity index (χ1v) is 7.70. The van der Waals surface area contributed by atoms with Gasteiger partial charge in [-0.05, 0) is 19.1 Å². The molecule has 0 spiro atoms. The summed E-state index contributed by atoms with van der Waals surface area (Å²) in [6.07, 6.45) is 4.78. The van der Waals surface area contributed by atoms with E-state index in [1.165, 1.54) is 12.3 Å². The standard InChI is InChI=1S/C13H15N3O3S/c1-9(20(2)19)7-15-12-3-4-13(16(17)18)10-5-6-14-8-11(10)12/h3-6,8-9,15H,7H2,1-2H3. The summed E-state index contributed by atoms with van der Waals surface area (Å²) in [5, 5.41) is 15.4. The fourth-order valence-corrected chi connectivity index (χ4v) is 2.18. The molecule has 2 unspecified atom stereocenters. The molecule has 1 heterocycles. The first-order chi connectivity index (χ1) is 9.50. The van der Waals surface area contributed by atoms with Crippen molar-refractivity contribution in [2.24, 2.45) is 0 Å². The Bertz CT molecular complexity index is 675. The maximum Gasteiger partial charge on any atom is 0.277 e. The highest BCUT2D eigenvalue weighted by Gasteiger charge is 2.14. The molecule has 0 bridgehead atoms. The summed E-state index contributed by atoms with van der Waals surface area (Å²) in [6.45, 7) is 2.42. The number of nitrogens with one attached hydrogen (secondary N) is 1. The van der Waals surface area contributed by atoms with Crippen molar-refractivity contribution in [3.63, 3.8) is 0 Å². The van der Waals surface area contributed by atoms with Gasteiger partial charge in [-0.1, -0.05) is 0 Å². The van der Waals surface area contributed by atoms with Crippen molar-refractivity contribution in [3.05, 3.63) is 40.7 Å². The van der Waals surface area contributed by atoms with Gasteiger partial charge in [0, 0.05) is 58.4 Å². The molecule has 0 aliphatic rings. The van der Waals surface area contributed by atoms with E-state index in [0.29, 0.717) is 17.3 Å². The van der Waals surface area contributed by atoms with Crippen LogP contribution in [0, 0.1) is 10.1 Å². The van der Waals surface area contributed by atoms with Crippen LogP contribution in [0.2, 0.25) is 0 Å². The molecular formula is C13H15N3O3S. The molecule has 1 N–H and O–H groups in total. The number of nitrogens with zero attached hydrogens (tertiary/aromatic N) is 2. The molecule has 0 fully saturated rings. The normalized spacial score (nSPS) is 13.9. The Morgan fingerprint density at radius 2 is 2.15 bits per heavy atom. The van der Waals surface area contributed by atoms with Crippen LogP contribution in [0.3, 0.4) is 0 Å². The molecule has 2 atom stereocenters. The third-order valence-electron chi connectivity index (χ3n) is 3.14. The second-order valence-corrected chi connectivity index (χ2v) is 6.30. The van der Waals surface area contributed by atoms with Gasteiger partial charge in [-0.15, -0.1) is 0 Å². The molecule has 20 heavy (non-hydrogen) atoms. The monoisotopic (exact) mass is 293 g/mol. The Morgan fingerprint density at radius 3 is 2.80 bits per heavy atom. The number of hydrogen-bond acceptors (Lipinski definition) is 5. The van der Waals surface area contributed by atoms with E-state index in [4.69, 9.17) is 0 Å². The second kappa shape index (κ2) is 5.96. The number of pyridine rings is 1. The molecule has 0 aliphatic carbocycles. The molecule has 1 aromatic heterocycles. The van der Waals surface area contributed by atoms with E-state index in [9.17, 15) is 14.3 Å². The van der Waals surface area contributed by atoms with Crippen LogP contribution in [-0.2, 0) is 10.8 Å². The Hall–Kier alpha value is -2.02. The summed E-state index contributed by atoms with van der Waals surface area (Å²) in [4.78, 5) is 14.6. The number of nitro benzene ring substituents is 1. The van der Waals surface area contributed by atoms with Gasteiger partial charge < -0.3 is 5.32 Å². The largest absolute Gasteiger partial charge is 0.383 e. The zero-order valence-electron chi connectivity index (χ0n) is 11.2. The molecule has 0 aliphatic heterocycles. The van der Waals surface area contributed by atoms with E-state index in [1.807, 2.05) is 6.92 Å². The fraction of sp³-hybridized carbons (Fsp3) is 0.308. The summed E-state index contributed by atoms with van der Waals surface area (Å²) in [5.74, 6) is 0. The predicted molar refractivity (Wildman–Crippen MR) is 80.4 cm³/mol. The van der Waals surface area contributed by atoms with Crippen molar-refractivity contribution in [1.82, 2.24) is 4.98 Å². The van der Waals surface area contributed by atoms with Gasteiger partial charge in [-0.3, -0.25) is 19.3 Å². The summed E-state index contributed by atoms with van der Waals surface area (Å²) >= 11 is 0. The molecule has 2 aromatic rings. The van der Waals surface area contributed by atoms with Crippen LogP contribution in [-0.4, -0.2) is 32.2 Å². The molecule has 1 aromatic carbocycles. The SMILES string of the molecule is CC(CNc1ccc([N+](=O)[O-])c2ccncc12)S(C)=O. The average molecular weight is 293 g/mol. The number of fused-ring (bicyclic) bond motifs is 1. The number of anilines is 1. The van der Waals surface area contributed by atoms with Crippen LogP contribution < -0.4 is 5.32 Å². The summed E-state index contributed by atoms with van der Waals surface area (Å²) in [5.41, 5.74) is 0.816. The van der Waals surface area contributed by atoms with E-state index in [2.05, 4.69) is 10.3 Å². The minimum atomic E-state index is -0.916. The lowest BCUT2D eigenvalue weighted by atomic mass is 10.1. The molecule has 6 nitrogen and oxygen atoms in total. The lowest BCUT2D eigenvalue weighted by molar-refractivity contribution is -0.383. The van der Waals surface area contributed by atoms with Crippen LogP contribution in [0.25, 0.3) is 10.8 Å². The Morgan fingerprint density at radius 1 is 1.40 bits per heavy atom. The molecule has 0 amide bonds. The quantitative estimate of drug-likeness (QED) is 0.675. The summed E-state index contributed by atoms with van der Waals surface area (Å²) in [6, 6.07) is 4.76. The van der Waals surface area contributed by atoms with E-state index >= 15 is 0 Å². The predicted octanol–water partition coefficient (Wildman–Crippen LogP) is 2.32. The summed E-state index contributed by atoms with van der Waals surface area (Å²) in [7, 11) is -0.916. The number of non-ortho nitro benzene ring substituents is 1. The van der Waals surface area contributed by atoms with Gasteiger partial charge in [0.25, 0.3) is 5.69 Å². The van der Waals surface area contributed by atoms with E-state index in [0.717, 1.165) is 5.69 Å². The first-order valence-electron chi connectivity index (χ1n) is 6.08. The van der Waals surface area contributed by atoms with Gasteiger partial charge in [0.15, 0.2) is 0 Å². The van der Waals surface area contributed by atoms with Gasteiger partial charge in [0.05, 0.1) is 10.3 Å². The van der Waals surface area contributed by atoms with Crippen LogP contribution in [0.1, 0.15) is 6.92 Å². The third-order valence-corrected chi connectivity index (χ3v) is 4.44. The van der Waals surface area contributed by atoms with Crippen LogP contribution in [0.15, 0.2) is 30.6 Å². The fourth-order valence-electron chi connectivity index (χ4n) is 1.86. The molecule has 2 rings (SSSR count). The summed E-state index contributed by atoms with van der Waals surface area (Å²) < 4.78 is 11.3. The molecule has 106 valence electrons. The van der Waals surface area contributed by atoms with Gasteiger partial charge in [-0.2, -0.15) is 0 Å². The van der Waals surface area contributed by atoms with Crippen molar-refractivity contribution < 1.29 is 9.13 Å². The van der Waals surface area contributed by atoms with Crippen molar-refractivity contribution in [1.29, 1.82) is 0 Å². The highest BCUT2D eigenvalue weighted by atomic mass is 32.2. The molecule has 0 saturated carbocycles. The number of nitro groups is 1. The van der Waals surface area contributed by atoms with Gasteiger partial charge in [0.2, 0.25) is 0 Å². The van der Waals surface area contributed by atoms with Gasteiger partial charge in [-0.25, -0.2) is 0 Å². The smallest absolute Gasteiger partial charge is 0.277 e. The van der Waals surface area contributed by atoms with E-state index in [-0.39, 0.29) is 10.9 Å². The maximum absolute atomic E-state index is 11.3. The van der Waals surface area contributed by atoms with Crippen LogP contribution in [0.4, 0.5) is 11.4 Å². The molecule has 0 saturated heterocycles. The lowest BCUT2D eigenvalue weighted by Crippen LogP contribution is -2.20. The van der Waals surface area contributed by atoms with Crippen molar-refractivity contribution in [3.8, 4) is 0 Å². The van der Waals surface area contributed by atoms with Gasteiger partial charge >= 0.3 is 0 Å².